The predicted octanol–water partition coefficient (Wildman–Crippen LogP) is 3.54. The van der Waals surface area contributed by atoms with Gasteiger partial charge >= 0.3 is 0 Å². The van der Waals surface area contributed by atoms with Crippen molar-refractivity contribution in [3.05, 3.63) is 69.3 Å². The maximum atomic E-state index is 12.4. The molecule has 1 heterocycles. The van der Waals surface area contributed by atoms with Crippen LogP contribution in [0.25, 0.3) is 0 Å². The molecule has 128 valence electrons. The molecule has 0 aliphatic rings. The topological polar surface area (TPSA) is 85.8 Å². The number of nitrogens with zero attached hydrogens (tertiary/aromatic N) is 3. The zero-order valence-corrected chi connectivity index (χ0v) is 15.5. The lowest BCUT2D eigenvalue weighted by Crippen LogP contribution is -2.15. The molecule has 3 aromatic rings. The molecule has 3 rings (SSSR count). The summed E-state index contributed by atoms with van der Waals surface area (Å²) in [7, 11) is 0. The molecule has 2 aromatic carbocycles. The lowest BCUT2D eigenvalue weighted by Gasteiger charge is -2.08. The molecule has 3 N–H and O–H groups in total. The van der Waals surface area contributed by atoms with Gasteiger partial charge in [-0.15, -0.1) is 5.10 Å². The second-order valence-corrected chi connectivity index (χ2v) is 6.68. The van der Waals surface area contributed by atoms with Gasteiger partial charge in [-0.05, 0) is 48.7 Å². The Kier molecular flexibility index (Phi) is 4.85. The Labute approximate surface area is 154 Å². The summed E-state index contributed by atoms with van der Waals surface area (Å²) in [4.78, 5) is 12.4. The lowest BCUT2D eigenvalue weighted by molar-refractivity contribution is 0.102. The highest BCUT2D eigenvalue weighted by Crippen LogP contribution is 2.21. The molecule has 1 amide bonds. The summed E-state index contributed by atoms with van der Waals surface area (Å²) < 4.78 is 2.51. The van der Waals surface area contributed by atoms with Crippen molar-refractivity contribution in [2.24, 2.45) is 0 Å². The summed E-state index contributed by atoms with van der Waals surface area (Å²) in [6, 6.07) is 13.5. The number of anilines is 2. The standard InChI is InChI=1S/C18H18BrN5O/c1-11-5-3-4-6-13(11)10-24-17(20)16(22-23-24)18(25)21-14-7-8-15(19)12(2)9-14/h3-9H,10,20H2,1-2H3,(H,21,25). The van der Waals surface area contributed by atoms with E-state index in [-0.39, 0.29) is 17.4 Å². The molecule has 0 atom stereocenters. The molecule has 0 fully saturated rings. The van der Waals surface area contributed by atoms with Gasteiger partial charge in [0.15, 0.2) is 11.5 Å². The smallest absolute Gasteiger partial charge is 0.280 e. The van der Waals surface area contributed by atoms with E-state index in [9.17, 15) is 4.79 Å². The fourth-order valence-corrected chi connectivity index (χ4v) is 2.71. The molecule has 0 saturated heterocycles. The highest BCUT2D eigenvalue weighted by Gasteiger charge is 2.18. The Morgan fingerprint density at radius 2 is 1.96 bits per heavy atom. The minimum atomic E-state index is -0.379. The number of rotatable bonds is 4. The first-order valence-electron chi connectivity index (χ1n) is 7.76. The van der Waals surface area contributed by atoms with Crippen molar-refractivity contribution in [2.75, 3.05) is 11.1 Å². The Morgan fingerprint density at radius 1 is 1.20 bits per heavy atom. The Hall–Kier alpha value is -2.67. The average Bonchev–Trinajstić information content (AvgIpc) is 2.94. The number of hydrogen-bond donors (Lipinski definition) is 2. The number of hydrogen-bond acceptors (Lipinski definition) is 4. The average molecular weight is 400 g/mol. The van der Waals surface area contributed by atoms with Gasteiger partial charge in [0.2, 0.25) is 0 Å². The molecule has 0 aliphatic carbocycles. The van der Waals surface area contributed by atoms with Crippen LogP contribution >= 0.6 is 15.9 Å². The number of amides is 1. The second kappa shape index (κ2) is 7.06. The van der Waals surface area contributed by atoms with Gasteiger partial charge < -0.3 is 11.1 Å². The second-order valence-electron chi connectivity index (χ2n) is 5.83. The molecule has 0 saturated carbocycles. The third-order valence-corrected chi connectivity index (χ3v) is 4.88. The van der Waals surface area contributed by atoms with Crippen molar-refractivity contribution in [1.29, 1.82) is 0 Å². The number of aryl methyl sites for hydroxylation is 2. The van der Waals surface area contributed by atoms with Gasteiger partial charge in [-0.25, -0.2) is 4.68 Å². The lowest BCUT2D eigenvalue weighted by atomic mass is 10.1. The van der Waals surface area contributed by atoms with Crippen molar-refractivity contribution in [1.82, 2.24) is 15.0 Å². The van der Waals surface area contributed by atoms with E-state index in [0.29, 0.717) is 12.2 Å². The van der Waals surface area contributed by atoms with Crippen LogP contribution in [-0.2, 0) is 6.54 Å². The van der Waals surface area contributed by atoms with Crippen molar-refractivity contribution < 1.29 is 4.79 Å². The molecule has 1 aromatic heterocycles. The first-order valence-corrected chi connectivity index (χ1v) is 8.56. The van der Waals surface area contributed by atoms with Crippen LogP contribution < -0.4 is 11.1 Å². The first-order chi connectivity index (χ1) is 12.0. The fourth-order valence-electron chi connectivity index (χ4n) is 2.46. The number of nitrogen functional groups attached to an aromatic ring is 1. The molecular weight excluding hydrogens is 382 g/mol. The van der Waals surface area contributed by atoms with Gasteiger partial charge in [-0.2, -0.15) is 0 Å². The molecule has 0 radical (unpaired) electrons. The quantitative estimate of drug-likeness (QED) is 0.702. The number of carbonyl (C=O) groups excluding carboxylic acids is 1. The molecule has 0 aliphatic heterocycles. The monoisotopic (exact) mass is 399 g/mol. The molecule has 0 bridgehead atoms. The molecule has 0 spiro atoms. The Morgan fingerprint density at radius 3 is 2.68 bits per heavy atom. The van der Waals surface area contributed by atoms with Crippen LogP contribution in [-0.4, -0.2) is 20.9 Å². The number of nitrogens with two attached hydrogens (primary N) is 1. The largest absolute Gasteiger partial charge is 0.382 e. The number of nitrogens with one attached hydrogen (secondary N) is 1. The van der Waals surface area contributed by atoms with Crippen LogP contribution in [0.4, 0.5) is 11.5 Å². The molecule has 0 unspecified atom stereocenters. The van der Waals surface area contributed by atoms with E-state index in [4.69, 9.17) is 5.73 Å². The zero-order chi connectivity index (χ0) is 18.0. The maximum Gasteiger partial charge on any atom is 0.280 e. The zero-order valence-electron chi connectivity index (χ0n) is 14.0. The minimum Gasteiger partial charge on any atom is -0.382 e. The number of carbonyl (C=O) groups is 1. The van der Waals surface area contributed by atoms with E-state index in [1.54, 1.807) is 0 Å². The summed E-state index contributed by atoms with van der Waals surface area (Å²) in [5, 5.41) is 10.8. The van der Waals surface area contributed by atoms with Gasteiger partial charge in [0.25, 0.3) is 5.91 Å². The van der Waals surface area contributed by atoms with E-state index >= 15 is 0 Å². The summed E-state index contributed by atoms with van der Waals surface area (Å²) in [6.07, 6.45) is 0. The summed E-state index contributed by atoms with van der Waals surface area (Å²) >= 11 is 3.43. The van der Waals surface area contributed by atoms with Gasteiger partial charge in [0.05, 0.1) is 6.54 Å². The number of halogens is 1. The highest BCUT2D eigenvalue weighted by atomic mass is 79.9. The molecule has 6 nitrogen and oxygen atoms in total. The van der Waals surface area contributed by atoms with E-state index < -0.39 is 0 Å². The van der Waals surface area contributed by atoms with E-state index in [2.05, 4.69) is 31.6 Å². The van der Waals surface area contributed by atoms with Crippen molar-refractivity contribution in [2.45, 2.75) is 20.4 Å². The van der Waals surface area contributed by atoms with Crippen LogP contribution in [0.3, 0.4) is 0 Å². The predicted molar refractivity (Wildman–Crippen MR) is 102 cm³/mol. The van der Waals surface area contributed by atoms with Crippen LogP contribution in [0.2, 0.25) is 0 Å². The van der Waals surface area contributed by atoms with Gasteiger partial charge in [0.1, 0.15) is 0 Å². The van der Waals surface area contributed by atoms with Crippen LogP contribution in [0.15, 0.2) is 46.9 Å². The van der Waals surface area contributed by atoms with Gasteiger partial charge in [-0.1, -0.05) is 45.4 Å². The van der Waals surface area contributed by atoms with Gasteiger partial charge in [0, 0.05) is 10.2 Å². The van der Waals surface area contributed by atoms with Crippen molar-refractivity contribution in [3.8, 4) is 0 Å². The molecule has 25 heavy (non-hydrogen) atoms. The Balaban J connectivity index is 1.79. The minimum absolute atomic E-state index is 0.120. The summed E-state index contributed by atoms with van der Waals surface area (Å²) in [6.45, 7) is 4.44. The normalized spacial score (nSPS) is 10.7. The van der Waals surface area contributed by atoms with Crippen LogP contribution in [0.5, 0.6) is 0 Å². The fraction of sp³-hybridized carbons (Fsp3) is 0.167. The third-order valence-electron chi connectivity index (χ3n) is 3.99. The van der Waals surface area contributed by atoms with Crippen LogP contribution in [0, 0.1) is 13.8 Å². The summed E-state index contributed by atoms with van der Waals surface area (Å²) in [5.74, 6) is -0.134. The van der Waals surface area contributed by atoms with E-state index in [0.717, 1.165) is 21.2 Å². The highest BCUT2D eigenvalue weighted by molar-refractivity contribution is 9.10. The number of benzene rings is 2. The molecular formula is C18H18BrN5O. The molecule has 7 heteroatoms. The van der Waals surface area contributed by atoms with Crippen LogP contribution in [0.1, 0.15) is 27.2 Å². The SMILES string of the molecule is Cc1cc(NC(=O)c2nnn(Cc3ccccc3C)c2N)ccc1Br. The Bertz CT molecular complexity index is 935. The summed E-state index contributed by atoms with van der Waals surface area (Å²) in [5.41, 5.74) is 10.1. The third kappa shape index (κ3) is 3.71. The van der Waals surface area contributed by atoms with Gasteiger partial charge in [-0.3, -0.25) is 4.79 Å². The van der Waals surface area contributed by atoms with Crippen molar-refractivity contribution >= 4 is 33.3 Å². The maximum absolute atomic E-state index is 12.4. The number of aromatic nitrogens is 3. The first kappa shape index (κ1) is 17.2. The van der Waals surface area contributed by atoms with Crippen molar-refractivity contribution in [3.63, 3.8) is 0 Å². The van der Waals surface area contributed by atoms with E-state index in [1.807, 2.05) is 56.3 Å². The van der Waals surface area contributed by atoms with E-state index in [1.165, 1.54) is 4.68 Å².